The second-order valence-corrected chi connectivity index (χ2v) is 4.16. The van der Waals surface area contributed by atoms with Crippen molar-refractivity contribution in [1.82, 2.24) is 5.32 Å². The van der Waals surface area contributed by atoms with Crippen LogP contribution in [0.15, 0.2) is 18.2 Å². The summed E-state index contributed by atoms with van der Waals surface area (Å²) in [7, 11) is 3.47. The topological polar surface area (TPSA) is 30.5 Å². The molecule has 0 amide bonds. The molecule has 0 bridgehead atoms. The van der Waals surface area contributed by atoms with Crippen molar-refractivity contribution in [3.8, 4) is 5.75 Å². The molecule has 1 aromatic rings. The molecule has 1 aliphatic heterocycles. The van der Waals surface area contributed by atoms with Gasteiger partial charge in [0.25, 0.3) is 0 Å². The fraction of sp³-hybridized carbons (Fsp3) is 0.538. The minimum Gasteiger partial charge on any atom is -0.496 e. The molecule has 0 aliphatic carbocycles. The molecule has 3 nitrogen and oxygen atoms in total. The Labute approximate surface area is 96.8 Å². The maximum Gasteiger partial charge on any atom is 0.122 e. The smallest absolute Gasteiger partial charge is 0.122 e. The molecular weight excluding hydrogens is 202 g/mol. The van der Waals surface area contributed by atoms with Gasteiger partial charge in [-0.3, -0.25) is 0 Å². The minimum absolute atomic E-state index is 0.557. The zero-order chi connectivity index (χ0) is 11.4. The Morgan fingerprint density at radius 3 is 2.88 bits per heavy atom. The van der Waals surface area contributed by atoms with Gasteiger partial charge in [-0.25, -0.2) is 0 Å². The summed E-state index contributed by atoms with van der Waals surface area (Å²) < 4.78 is 10.7. The van der Waals surface area contributed by atoms with Crippen molar-refractivity contribution in [2.45, 2.75) is 18.9 Å². The van der Waals surface area contributed by atoms with Crippen LogP contribution in [0.2, 0.25) is 0 Å². The summed E-state index contributed by atoms with van der Waals surface area (Å²) in [4.78, 5) is 0. The lowest BCUT2D eigenvalue weighted by atomic mass is 9.92. The van der Waals surface area contributed by atoms with Gasteiger partial charge in [-0.05, 0) is 24.6 Å². The second-order valence-electron chi connectivity index (χ2n) is 4.16. The summed E-state index contributed by atoms with van der Waals surface area (Å²) in [5.74, 6) is 1.55. The van der Waals surface area contributed by atoms with Crippen molar-refractivity contribution >= 4 is 0 Å². The number of ether oxygens (including phenoxy) is 2. The zero-order valence-electron chi connectivity index (χ0n) is 9.95. The quantitative estimate of drug-likeness (QED) is 0.842. The largest absolute Gasteiger partial charge is 0.496 e. The van der Waals surface area contributed by atoms with Crippen LogP contribution in [0.5, 0.6) is 5.75 Å². The molecule has 16 heavy (non-hydrogen) atoms. The number of hydrogen-bond acceptors (Lipinski definition) is 3. The molecule has 1 heterocycles. The number of benzene rings is 1. The average Bonchev–Trinajstić information content (AvgIpc) is 2.82. The summed E-state index contributed by atoms with van der Waals surface area (Å²) in [6, 6.07) is 6.19. The standard InChI is InChI=1S/C13H19NO2/c1-15-9-11-4-3-5-12(16-2)13(11)10-6-7-14-8-10/h3-5,10,14H,6-9H2,1-2H3. The third-order valence-electron chi connectivity index (χ3n) is 3.14. The van der Waals surface area contributed by atoms with Crippen molar-refractivity contribution in [2.75, 3.05) is 27.3 Å². The highest BCUT2D eigenvalue weighted by molar-refractivity contribution is 5.43. The highest BCUT2D eigenvalue weighted by atomic mass is 16.5. The van der Waals surface area contributed by atoms with Crippen LogP contribution in [-0.4, -0.2) is 27.3 Å². The van der Waals surface area contributed by atoms with Gasteiger partial charge in [0, 0.05) is 25.1 Å². The molecule has 0 saturated carbocycles. The summed E-state index contributed by atoms with van der Waals surface area (Å²) in [6.45, 7) is 2.79. The third-order valence-corrected chi connectivity index (χ3v) is 3.14. The molecule has 1 aliphatic rings. The van der Waals surface area contributed by atoms with Gasteiger partial charge in [0.15, 0.2) is 0 Å². The Morgan fingerprint density at radius 2 is 2.25 bits per heavy atom. The number of methoxy groups -OCH3 is 2. The van der Waals surface area contributed by atoms with Gasteiger partial charge in [-0.15, -0.1) is 0 Å². The van der Waals surface area contributed by atoms with Crippen LogP contribution in [0.1, 0.15) is 23.5 Å². The van der Waals surface area contributed by atoms with Gasteiger partial charge >= 0.3 is 0 Å². The summed E-state index contributed by atoms with van der Waals surface area (Å²) in [5, 5.41) is 3.40. The first-order chi connectivity index (χ1) is 7.86. The molecular formula is C13H19NO2. The Morgan fingerprint density at radius 1 is 1.38 bits per heavy atom. The van der Waals surface area contributed by atoms with E-state index in [4.69, 9.17) is 9.47 Å². The lowest BCUT2D eigenvalue weighted by Crippen LogP contribution is -2.10. The fourth-order valence-corrected chi connectivity index (χ4v) is 2.41. The predicted molar refractivity (Wildman–Crippen MR) is 63.9 cm³/mol. The molecule has 1 N–H and O–H groups in total. The van der Waals surface area contributed by atoms with Crippen molar-refractivity contribution in [2.24, 2.45) is 0 Å². The summed E-state index contributed by atoms with van der Waals surface area (Å²) in [6.07, 6.45) is 1.18. The Hall–Kier alpha value is -1.06. The molecule has 1 aromatic carbocycles. The van der Waals surface area contributed by atoms with Crippen LogP contribution < -0.4 is 10.1 Å². The molecule has 1 fully saturated rings. The first-order valence-corrected chi connectivity index (χ1v) is 5.72. The highest BCUT2D eigenvalue weighted by Crippen LogP contribution is 2.33. The van der Waals surface area contributed by atoms with E-state index in [1.54, 1.807) is 14.2 Å². The van der Waals surface area contributed by atoms with E-state index in [1.165, 1.54) is 17.5 Å². The maximum absolute atomic E-state index is 5.46. The Kier molecular flexibility index (Phi) is 3.80. The molecule has 1 saturated heterocycles. The van der Waals surface area contributed by atoms with Crippen molar-refractivity contribution < 1.29 is 9.47 Å². The normalized spacial score (nSPS) is 20.0. The molecule has 1 atom stereocenters. The van der Waals surface area contributed by atoms with Gasteiger partial charge in [0.2, 0.25) is 0 Å². The third kappa shape index (κ3) is 2.20. The molecule has 0 spiro atoms. The zero-order valence-corrected chi connectivity index (χ0v) is 9.95. The van der Waals surface area contributed by atoms with Gasteiger partial charge in [-0.1, -0.05) is 12.1 Å². The number of hydrogen-bond donors (Lipinski definition) is 1. The minimum atomic E-state index is 0.557. The number of rotatable bonds is 4. The van der Waals surface area contributed by atoms with E-state index in [9.17, 15) is 0 Å². The fourth-order valence-electron chi connectivity index (χ4n) is 2.41. The second kappa shape index (κ2) is 5.32. The molecule has 1 unspecified atom stereocenters. The Balaban J connectivity index is 2.36. The van der Waals surface area contributed by atoms with Crippen LogP contribution >= 0.6 is 0 Å². The molecule has 88 valence electrons. The molecule has 0 radical (unpaired) electrons. The van der Waals surface area contributed by atoms with E-state index in [0.29, 0.717) is 12.5 Å². The van der Waals surface area contributed by atoms with Crippen LogP contribution in [0, 0.1) is 0 Å². The Bertz CT molecular complexity index is 346. The van der Waals surface area contributed by atoms with Crippen LogP contribution in [-0.2, 0) is 11.3 Å². The van der Waals surface area contributed by atoms with E-state index < -0.39 is 0 Å². The van der Waals surface area contributed by atoms with Crippen molar-refractivity contribution in [1.29, 1.82) is 0 Å². The highest BCUT2D eigenvalue weighted by Gasteiger charge is 2.22. The number of nitrogens with one attached hydrogen (secondary N) is 1. The van der Waals surface area contributed by atoms with Gasteiger partial charge in [0.05, 0.1) is 13.7 Å². The van der Waals surface area contributed by atoms with E-state index >= 15 is 0 Å². The molecule has 2 rings (SSSR count). The molecule has 0 aromatic heterocycles. The summed E-state index contributed by atoms with van der Waals surface area (Å²) >= 11 is 0. The van der Waals surface area contributed by atoms with E-state index in [-0.39, 0.29) is 0 Å². The van der Waals surface area contributed by atoms with Crippen LogP contribution in [0.25, 0.3) is 0 Å². The van der Waals surface area contributed by atoms with Gasteiger partial charge in [-0.2, -0.15) is 0 Å². The monoisotopic (exact) mass is 221 g/mol. The van der Waals surface area contributed by atoms with Crippen LogP contribution in [0.3, 0.4) is 0 Å². The van der Waals surface area contributed by atoms with Crippen molar-refractivity contribution in [3.05, 3.63) is 29.3 Å². The first kappa shape index (κ1) is 11.4. The lowest BCUT2D eigenvalue weighted by Gasteiger charge is -2.18. The van der Waals surface area contributed by atoms with Crippen LogP contribution in [0.4, 0.5) is 0 Å². The first-order valence-electron chi connectivity index (χ1n) is 5.72. The molecule has 3 heteroatoms. The predicted octanol–water partition coefficient (Wildman–Crippen LogP) is 1.92. The summed E-state index contributed by atoms with van der Waals surface area (Å²) in [5.41, 5.74) is 2.56. The van der Waals surface area contributed by atoms with Gasteiger partial charge in [0.1, 0.15) is 5.75 Å². The van der Waals surface area contributed by atoms with Crippen molar-refractivity contribution in [3.63, 3.8) is 0 Å². The van der Waals surface area contributed by atoms with E-state index in [0.717, 1.165) is 18.8 Å². The lowest BCUT2D eigenvalue weighted by molar-refractivity contribution is 0.183. The maximum atomic E-state index is 5.46. The van der Waals surface area contributed by atoms with E-state index in [1.807, 2.05) is 12.1 Å². The SMILES string of the molecule is COCc1cccc(OC)c1C1CCNC1. The average molecular weight is 221 g/mol. The van der Waals surface area contributed by atoms with Gasteiger partial charge < -0.3 is 14.8 Å². The van der Waals surface area contributed by atoms with E-state index in [2.05, 4.69) is 11.4 Å².